The van der Waals surface area contributed by atoms with Crippen molar-refractivity contribution in [2.75, 3.05) is 18.0 Å². The van der Waals surface area contributed by atoms with Gasteiger partial charge in [0.2, 0.25) is 5.91 Å². The van der Waals surface area contributed by atoms with Gasteiger partial charge in [-0.1, -0.05) is 13.8 Å². The zero-order chi connectivity index (χ0) is 20.8. The number of imide groups is 1. The standard InChI is InChI=1S/C23H31N5O2/c1-15(2)14-27-18-3-4-19(27)11-17(10-18)9-16-5-8-28-20(12-16)21(13-24-28)26-7-6-22(29)25-23(26)30/h5,8,12-13,15,17-19H,3-4,6-7,9-11,14H2,1-2H3,(H,25,29,30)/t17?,18-,19+. The summed E-state index contributed by atoms with van der Waals surface area (Å²) in [6, 6.07) is 5.47. The Morgan fingerprint density at radius 1 is 1.20 bits per heavy atom. The van der Waals surface area contributed by atoms with Gasteiger partial charge in [0.1, 0.15) is 0 Å². The summed E-state index contributed by atoms with van der Waals surface area (Å²) < 4.78 is 1.82. The normalized spacial score (nSPS) is 27.3. The van der Waals surface area contributed by atoms with Gasteiger partial charge in [0.15, 0.2) is 0 Å². The van der Waals surface area contributed by atoms with Gasteiger partial charge in [0.25, 0.3) is 0 Å². The molecule has 7 nitrogen and oxygen atoms in total. The number of piperidine rings is 1. The summed E-state index contributed by atoms with van der Waals surface area (Å²) in [7, 11) is 0. The fourth-order valence-electron chi connectivity index (χ4n) is 5.75. The smallest absolute Gasteiger partial charge is 0.297 e. The van der Waals surface area contributed by atoms with Crippen LogP contribution in [-0.4, -0.2) is 51.6 Å². The zero-order valence-corrected chi connectivity index (χ0v) is 17.9. The topological polar surface area (TPSA) is 70.0 Å². The first-order valence-electron chi connectivity index (χ1n) is 11.3. The van der Waals surface area contributed by atoms with E-state index in [4.69, 9.17) is 0 Å². The van der Waals surface area contributed by atoms with Crippen LogP contribution >= 0.6 is 0 Å². The van der Waals surface area contributed by atoms with Crippen LogP contribution in [0.2, 0.25) is 0 Å². The molecule has 5 rings (SSSR count). The van der Waals surface area contributed by atoms with Gasteiger partial charge in [-0.2, -0.15) is 5.10 Å². The number of hydrogen-bond donors (Lipinski definition) is 1. The highest BCUT2D eigenvalue weighted by molar-refractivity contribution is 6.07. The SMILES string of the molecule is CC(C)CN1[C@@H]2CC[C@H]1CC(Cc1ccn3ncc(N4CCC(=O)NC4=O)c3c1)C2. The van der Waals surface area contributed by atoms with Crippen molar-refractivity contribution in [1.29, 1.82) is 0 Å². The third kappa shape index (κ3) is 3.60. The first kappa shape index (κ1) is 19.5. The lowest BCUT2D eigenvalue weighted by molar-refractivity contribution is -0.120. The second-order valence-corrected chi connectivity index (χ2v) is 9.67. The zero-order valence-electron chi connectivity index (χ0n) is 17.9. The molecular weight excluding hydrogens is 378 g/mol. The number of carbonyl (C=O) groups excluding carboxylic acids is 2. The molecule has 3 aliphatic rings. The maximum atomic E-state index is 12.3. The average molecular weight is 410 g/mol. The predicted molar refractivity (Wildman–Crippen MR) is 115 cm³/mol. The number of hydrogen-bond acceptors (Lipinski definition) is 4. The van der Waals surface area contributed by atoms with Gasteiger partial charge in [-0.3, -0.25) is 19.9 Å². The van der Waals surface area contributed by atoms with Crippen LogP contribution in [-0.2, 0) is 11.2 Å². The number of nitrogens with zero attached hydrogens (tertiary/aromatic N) is 4. The Morgan fingerprint density at radius 3 is 2.67 bits per heavy atom. The van der Waals surface area contributed by atoms with Crippen molar-refractivity contribution in [3.8, 4) is 0 Å². The number of rotatable bonds is 5. The molecule has 3 amide bonds. The molecule has 7 heteroatoms. The molecular formula is C23H31N5O2. The van der Waals surface area contributed by atoms with Crippen LogP contribution in [0.25, 0.3) is 5.52 Å². The first-order valence-corrected chi connectivity index (χ1v) is 11.3. The number of carbonyl (C=O) groups is 2. The van der Waals surface area contributed by atoms with Crippen molar-refractivity contribution >= 4 is 23.1 Å². The molecule has 2 aromatic heterocycles. The van der Waals surface area contributed by atoms with Crippen molar-refractivity contribution in [2.45, 2.75) is 64.5 Å². The van der Waals surface area contributed by atoms with Crippen LogP contribution in [0.4, 0.5) is 10.5 Å². The van der Waals surface area contributed by atoms with Crippen LogP contribution in [0.5, 0.6) is 0 Å². The largest absolute Gasteiger partial charge is 0.328 e. The van der Waals surface area contributed by atoms with Gasteiger partial charge in [-0.25, -0.2) is 9.31 Å². The summed E-state index contributed by atoms with van der Waals surface area (Å²) >= 11 is 0. The molecule has 1 unspecified atom stereocenters. The lowest BCUT2D eigenvalue weighted by Gasteiger charge is -2.40. The summed E-state index contributed by atoms with van der Waals surface area (Å²) in [5, 5.41) is 6.81. The molecule has 3 atom stereocenters. The number of anilines is 1. The van der Waals surface area contributed by atoms with Crippen molar-refractivity contribution in [3.05, 3.63) is 30.1 Å². The average Bonchev–Trinajstić information content (AvgIpc) is 3.19. The molecule has 0 saturated carbocycles. The summed E-state index contributed by atoms with van der Waals surface area (Å²) in [5.74, 6) is 1.23. The summed E-state index contributed by atoms with van der Waals surface area (Å²) in [5.41, 5.74) is 3.00. The van der Waals surface area contributed by atoms with E-state index >= 15 is 0 Å². The monoisotopic (exact) mass is 409 g/mol. The number of pyridine rings is 1. The molecule has 0 aliphatic carbocycles. The predicted octanol–water partition coefficient (Wildman–Crippen LogP) is 3.22. The van der Waals surface area contributed by atoms with Gasteiger partial charge in [-0.15, -0.1) is 0 Å². The fraction of sp³-hybridized carbons (Fsp3) is 0.609. The van der Waals surface area contributed by atoms with Crippen molar-refractivity contribution in [2.24, 2.45) is 11.8 Å². The summed E-state index contributed by atoms with van der Waals surface area (Å²) in [6.45, 7) is 6.27. The summed E-state index contributed by atoms with van der Waals surface area (Å²) in [6.07, 6.45) is 10.4. The van der Waals surface area contributed by atoms with E-state index in [-0.39, 0.29) is 11.9 Å². The van der Waals surface area contributed by atoms with Gasteiger partial charge in [0.05, 0.1) is 17.4 Å². The minimum Gasteiger partial charge on any atom is -0.297 e. The van der Waals surface area contributed by atoms with Gasteiger partial charge in [-0.05, 0) is 61.6 Å². The number of fused-ring (bicyclic) bond motifs is 3. The van der Waals surface area contributed by atoms with E-state index in [1.165, 1.54) is 37.8 Å². The van der Waals surface area contributed by atoms with Crippen LogP contribution in [0, 0.1) is 11.8 Å². The highest BCUT2D eigenvalue weighted by Gasteiger charge is 2.40. The van der Waals surface area contributed by atoms with E-state index in [0.717, 1.165) is 41.5 Å². The second-order valence-electron chi connectivity index (χ2n) is 9.67. The molecule has 0 radical (unpaired) electrons. The van der Waals surface area contributed by atoms with E-state index in [2.05, 4.69) is 41.3 Å². The lowest BCUT2D eigenvalue weighted by atomic mass is 9.85. The molecule has 3 aliphatic heterocycles. The number of nitrogens with one attached hydrogen (secondary N) is 1. The highest BCUT2D eigenvalue weighted by Crippen LogP contribution is 2.40. The first-order chi connectivity index (χ1) is 14.5. The third-order valence-electron chi connectivity index (χ3n) is 6.99. The van der Waals surface area contributed by atoms with Gasteiger partial charge < -0.3 is 0 Å². The van der Waals surface area contributed by atoms with Crippen molar-refractivity contribution in [1.82, 2.24) is 19.8 Å². The van der Waals surface area contributed by atoms with Crippen LogP contribution in [0.1, 0.15) is 51.5 Å². The van der Waals surface area contributed by atoms with Crippen LogP contribution < -0.4 is 10.2 Å². The molecule has 5 heterocycles. The van der Waals surface area contributed by atoms with E-state index in [1.54, 1.807) is 11.1 Å². The Bertz CT molecular complexity index is 954. The maximum Gasteiger partial charge on any atom is 0.328 e. The van der Waals surface area contributed by atoms with Gasteiger partial charge >= 0.3 is 6.03 Å². The van der Waals surface area contributed by atoms with Crippen LogP contribution in [0.15, 0.2) is 24.5 Å². The molecule has 3 saturated heterocycles. The molecule has 160 valence electrons. The molecule has 2 bridgehead atoms. The Hall–Kier alpha value is -2.41. The summed E-state index contributed by atoms with van der Waals surface area (Å²) in [4.78, 5) is 28.2. The lowest BCUT2D eigenvalue weighted by Crippen LogP contribution is -2.49. The molecule has 3 fully saturated rings. The van der Waals surface area contributed by atoms with Crippen molar-refractivity contribution in [3.63, 3.8) is 0 Å². The van der Waals surface area contributed by atoms with Crippen LogP contribution in [0.3, 0.4) is 0 Å². The molecule has 30 heavy (non-hydrogen) atoms. The number of urea groups is 1. The Morgan fingerprint density at radius 2 is 1.97 bits per heavy atom. The molecule has 2 aromatic rings. The molecule has 0 spiro atoms. The van der Waals surface area contributed by atoms with E-state index < -0.39 is 0 Å². The van der Waals surface area contributed by atoms with Gasteiger partial charge in [0, 0.05) is 37.8 Å². The minimum atomic E-state index is -0.361. The van der Waals surface area contributed by atoms with E-state index in [1.807, 2.05) is 10.7 Å². The second kappa shape index (κ2) is 7.69. The maximum absolute atomic E-state index is 12.3. The molecule has 0 aromatic carbocycles. The molecule has 1 N–H and O–H groups in total. The van der Waals surface area contributed by atoms with E-state index in [0.29, 0.717) is 13.0 Å². The number of aromatic nitrogens is 2. The highest BCUT2D eigenvalue weighted by atomic mass is 16.2. The van der Waals surface area contributed by atoms with E-state index in [9.17, 15) is 9.59 Å². The third-order valence-corrected chi connectivity index (χ3v) is 6.99. The Balaban J connectivity index is 1.33. The van der Waals surface area contributed by atoms with Crippen molar-refractivity contribution < 1.29 is 9.59 Å². The quantitative estimate of drug-likeness (QED) is 0.823. The fourth-order valence-corrected chi connectivity index (χ4v) is 5.75. The number of amides is 3. The Labute approximate surface area is 177 Å². The Kier molecular flexibility index (Phi) is 5.01. The minimum absolute atomic E-state index is 0.216.